The number of hydrogen-bond acceptors (Lipinski definition) is 6. The van der Waals surface area contributed by atoms with E-state index in [2.05, 4.69) is 20.3 Å². The number of aromatic nitrogens is 4. The first-order valence-corrected chi connectivity index (χ1v) is 6.95. The molecule has 0 aliphatic rings. The molecule has 0 unspecified atom stereocenters. The van der Waals surface area contributed by atoms with Crippen molar-refractivity contribution in [2.24, 2.45) is 5.92 Å². The van der Waals surface area contributed by atoms with E-state index in [9.17, 15) is 9.59 Å². The van der Waals surface area contributed by atoms with Gasteiger partial charge in [0, 0.05) is 6.42 Å². The lowest BCUT2D eigenvalue weighted by molar-refractivity contribution is -0.116. The summed E-state index contributed by atoms with van der Waals surface area (Å²) in [5, 5.41) is 11.3. The molecule has 0 aromatic carbocycles. The molecule has 9 heteroatoms. The summed E-state index contributed by atoms with van der Waals surface area (Å²) in [4.78, 5) is 34.3. The van der Waals surface area contributed by atoms with E-state index < -0.39 is 5.56 Å². The monoisotopic (exact) mass is 309 g/mol. The Morgan fingerprint density at radius 3 is 3.00 bits per heavy atom. The maximum Gasteiger partial charge on any atom is 0.280 e. The van der Waals surface area contributed by atoms with E-state index in [4.69, 9.17) is 9.84 Å². The molecule has 0 saturated carbocycles. The summed E-state index contributed by atoms with van der Waals surface area (Å²) in [6.07, 6.45) is 1.75. The lowest BCUT2D eigenvalue weighted by atomic mass is 10.1. The number of aromatic amines is 1. The van der Waals surface area contributed by atoms with Gasteiger partial charge in [0.1, 0.15) is 6.73 Å². The fourth-order valence-corrected chi connectivity index (χ4v) is 1.89. The molecule has 1 amide bonds. The average molecular weight is 309 g/mol. The minimum atomic E-state index is -0.439. The molecule has 0 radical (unpaired) electrons. The lowest BCUT2D eigenvalue weighted by Crippen LogP contribution is -2.20. The molecule has 9 nitrogen and oxygen atoms in total. The maximum absolute atomic E-state index is 11.9. The Morgan fingerprint density at radius 1 is 1.55 bits per heavy atom. The number of aliphatic hydroxyl groups excluding tert-OH is 1. The molecule has 3 N–H and O–H groups in total. The largest absolute Gasteiger partial charge is 0.394 e. The van der Waals surface area contributed by atoms with E-state index >= 15 is 0 Å². The summed E-state index contributed by atoms with van der Waals surface area (Å²) >= 11 is 0. The number of carbonyl (C=O) groups is 1. The van der Waals surface area contributed by atoms with E-state index in [1.54, 1.807) is 0 Å². The zero-order chi connectivity index (χ0) is 16.1. The van der Waals surface area contributed by atoms with Gasteiger partial charge in [-0.1, -0.05) is 13.8 Å². The van der Waals surface area contributed by atoms with Crippen LogP contribution in [0.1, 0.15) is 20.3 Å². The van der Waals surface area contributed by atoms with Gasteiger partial charge in [-0.15, -0.1) is 0 Å². The standard InChI is InChI=1S/C13H19N5O4/c1-8(2)5-9(20)15-13-16-11-10(12(21)17-13)14-6-18(11)7-22-4-3-19/h6,8,19H,3-5,7H2,1-2H3,(H2,15,16,17,20,21). The van der Waals surface area contributed by atoms with Crippen molar-refractivity contribution in [2.45, 2.75) is 27.0 Å². The van der Waals surface area contributed by atoms with Crippen LogP contribution in [0.5, 0.6) is 0 Å². The molecule has 0 saturated heterocycles. The summed E-state index contributed by atoms with van der Waals surface area (Å²) in [6.45, 7) is 4.02. The first-order valence-electron chi connectivity index (χ1n) is 6.95. The van der Waals surface area contributed by atoms with Gasteiger partial charge in [-0.25, -0.2) is 4.98 Å². The van der Waals surface area contributed by atoms with Crippen LogP contribution in [-0.4, -0.2) is 43.7 Å². The first-order chi connectivity index (χ1) is 10.5. The Bertz CT molecular complexity index is 706. The highest BCUT2D eigenvalue weighted by Gasteiger charge is 2.12. The average Bonchev–Trinajstić information content (AvgIpc) is 2.82. The number of imidazole rings is 1. The van der Waals surface area contributed by atoms with Gasteiger partial charge < -0.3 is 9.84 Å². The molecule has 0 bridgehead atoms. The van der Waals surface area contributed by atoms with Crippen molar-refractivity contribution in [2.75, 3.05) is 18.5 Å². The van der Waals surface area contributed by atoms with Crippen molar-refractivity contribution >= 4 is 23.0 Å². The lowest BCUT2D eigenvalue weighted by Gasteiger charge is -2.07. The number of amides is 1. The van der Waals surface area contributed by atoms with Crippen LogP contribution in [-0.2, 0) is 16.3 Å². The number of H-pyrrole nitrogens is 1. The Hall–Kier alpha value is -2.26. The molecular weight excluding hydrogens is 290 g/mol. The topological polar surface area (TPSA) is 122 Å². The normalized spacial score (nSPS) is 11.3. The molecule has 0 fully saturated rings. The number of nitrogens with zero attached hydrogens (tertiary/aromatic N) is 3. The molecule has 0 atom stereocenters. The van der Waals surface area contributed by atoms with Crippen LogP contribution in [0.3, 0.4) is 0 Å². The van der Waals surface area contributed by atoms with E-state index in [0.717, 1.165) is 0 Å². The van der Waals surface area contributed by atoms with Crippen LogP contribution in [0.25, 0.3) is 11.2 Å². The van der Waals surface area contributed by atoms with E-state index in [0.29, 0.717) is 12.1 Å². The highest BCUT2D eigenvalue weighted by atomic mass is 16.5. The number of hydrogen-bond donors (Lipinski definition) is 3. The second-order valence-corrected chi connectivity index (χ2v) is 5.21. The summed E-state index contributed by atoms with van der Waals surface area (Å²) < 4.78 is 6.71. The van der Waals surface area contributed by atoms with Gasteiger partial charge in [0.25, 0.3) is 5.56 Å². The Morgan fingerprint density at radius 2 is 2.32 bits per heavy atom. The highest BCUT2D eigenvalue weighted by molar-refractivity contribution is 5.89. The van der Waals surface area contributed by atoms with Gasteiger partial charge in [-0.3, -0.25) is 24.5 Å². The number of rotatable bonds is 7. The van der Waals surface area contributed by atoms with E-state index in [-0.39, 0.29) is 43.2 Å². The van der Waals surface area contributed by atoms with Gasteiger partial charge in [0.15, 0.2) is 11.2 Å². The summed E-state index contributed by atoms with van der Waals surface area (Å²) in [5.41, 5.74) is 0.0294. The molecule has 2 rings (SSSR count). The van der Waals surface area contributed by atoms with Crippen molar-refractivity contribution in [3.63, 3.8) is 0 Å². The van der Waals surface area contributed by atoms with E-state index in [1.165, 1.54) is 10.9 Å². The van der Waals surface area contributed by atoms with Crippen molar-refractivity contribution in [1.82, 2.24) is 19.5 Å². The van der Waals surface area contributed by atoms with Gasteiger partial charge in [0.2, 0.25) is 11.9 Å². The van der Waals surface area contributed by atoms with Crippen LogP contribution in [0.15, 0.2) is 11.1 Å². The maximum atomic E-state index is 11.9. The number of carbonyl (C=O) groups excluding carboxylic acids is 1. The van der Waals surface area contributed by atoms with E-state index in [1.807, 2.05) is 13.8 Å². The highest BCUT2D eigenvalue weighted by Crippen LogP contribution is 2.09. The third kappa shape index (κ3) is 3.89. The summed E-state index contributed by atoms with van der Waals surface area (Å²) in [7, 11) is 0. The Labute approximate surface area is 126 Å². The first kappa shape index (κ1) is 16.1. The van der Waals surface area contributed by atoms with Crippen molar-refractivity contribution in [3.05, 3.63) is 16.7 Å². The third-order valence-corrected chi connectivity index (χ3v) is 2.79. The second kappa shape index (κ2) is 7.14. The SMILES string of the molecule is CC(C)CC(=O)Nc1nc2c(ncn2COCCO)c(=O)[nH]1. The van der Waals surface area contributed by atoms with Crippen molar-refractivity contribution in [3.8, 4) is 0 Å². The molecule has 2 heterocycles. The van der Waals surface area contributed by atoms with Crippen LogP contribution in [0.4, 0.5) is 5.95 Å². The number of anilines is 1. The zero-order valence-corrected chi connectivity index (χ0v) is 12.5. The quantitative estimate of drug-likeness (QED) is 0.622. The minimum Gasteiger partial charge on any atom is -0.394 e. The molecule has 2 aromatic heterocycles. The Balaban J connectivity index is 2.24. The zero-order valence-electron chi connectivity index (χ0n) is 12.5. The molecular formula is C13H19N5O4. The number of ether oxygens (including phenoxy) is 1. The Kier molecular flexibility index (Phi) is 5.23. The van der Waals surface area contributed by atoms with Crippen molar-refractivity contribution in [1.29, 1.82) is 0 Å². The van der Waals surface area contributed by atoms with Gasteiger partial charge in [0.05, 0.1) is 19.5 Å². The molecule has 0 aliphatic carbocycles. The van der Waals surface area contributed by atoms with Crippen LogP contribution >= 0.6 is 0 Å². The second-order valence-electron chi connectivity index (χ2n) is 5.21. The third-order valence-electron chi connectivity index (χ3n) is 2.79. The number of nitrogens with one attached hydrogen (secondary N) is 2. The predicted octanol–water partition coefficient (Wildman–Crippen LogP) is 0.0706. The summed E-state index contributed by atoms with van der Waals surface area (Å²) in [6, 6.07) is 0. The molecule has 120 valence electrons. The number of fused-ring (bicyclic) bond motifs is 1. The van der Waals surface area contributed by atoms with Crippen LogP contribution in [0.2, 0.25) is 0 Å². The van der Waals surface area contributed by atoms with Gasteiger partial charge in [-0.2, -0.15) is 4.98 Å². The smallest absolute Gasteiger partial charge is 0.280 e. The number of aliphatic hydroxyl groups is 1. The molecule has 0 spiro atoms. The van der Waals surface area contributed by atoms with Gasteiger partial charge in [-0.05, 0) is 5.92 Å². The molecule has 2 aromatic rings. The molecule has 22 heavy (non-hydrogen) atoms. The fraction of sp³-hybridized carbons (Fsp3) is 0.538. The minimum absolute atomic E-state index is 0.0760. The van der Waals surface area contributed by atoms with Crippen LogP contribution in [0, 0.1) is 5.92 Å². The van der Waals surface area contributed by atoms with Crippen LogP contribution < -0.4 is 10.9 Å². The fourth-order valence-electron chi connectivity index (χ4n) is 1.89. The summed E-state index contributed by atoms with van der Waals surface area (Å²) in [5.74, 6) is 0.0556. The predicted molar refractivity (Wildman–Crippen MR) is 79.3 cm³/mol. The van der Waals surface area contributed by atoms with Crippen molar-refractivity contribution < 1.29 is 14.6 Å². The molecule has 0 aliphatic heterocycles. The van der Waals surface area contributed by atoms with Gasteiger partial charge >= 0.3 is 0 Å².